The summed E-state index contributed by atoms with van der Waals surface area (Å²) in [6.07, 6.45) is 8.25. The second-order valence-electron chi connectivity index (χ2n) is 7.64. The number of aromatic nitrogens is 1. The van der Waals surface area contributed by atoms with Gasteiger partial charge in [-0.05, 0) is 47.1 Å². The molecule has 0 aliphatic heterocycles. The SMILES string of the molecule is C/C=C\C(=C/C(=NC)c1cc(C(C)(C)C)ccn1)C(C)(C)C. The van der Waals surface area contributed by atoms with E-state index in [0.29, 0.717) is 0 Å². The normalized spacial score (nSPS) is 14.7. The topological polar surface area (TPSA) is 25.2 Å². The van der Waals surface area contributed by atoms with Crippen molar-refractivity contribution in [3.63, 3.8) is 0 Å². The van der Waals surface area contributed by atoms with Crippen LogP contribution in [-0.4, -0.2) is 17.7 Å². The highest BCUT2D eigenvalue weighted by Crippen LogP contribution is 2.27. The van der Waals surface area contributed by atoms with E-state index in [0.717, 1.165) is 11.4 Å². The van der Waals surface area contributed by atoms with Gasteiger partial charge in [-0.3, -0.25) is 9.98 Å². The summed E-state index contributed by atoms with van der Waals surface area (Å²) >= 11 is 0. The third-order valence-electron chi connectivity index (χ3n) is 3.63. The lowest BCUT2D eigenvalue weighted by Gasteiger charge is -2.21. The van der Waals surface area contributed by atoms with E-state index < -0.39 is 0 Å². The van der Waals surface area contributed by atoms with Crippen LogP contribution in [-0.2, 0) is 5.41 Å². The molecule has 0 saturated heterocycles. The fraction of sp³-hybridized carbons (Fsp3) is 0.500. The molecule has 0 N–H and O–H groups in total. The van der Waals surface area contributed by atoms with Gasteiger partial charge in [-0.25, -0.2) is 0 Å². The van der Waals surface area contributed by atoms with Crippen molar-refractivity contribution in [2.75, 3.05) is 7.05 Å². The van der Waals surface area contributed by atoms with Gasteiger partial charge in [0.2, 0.25) is 0 Å². The highest BCUT2D eigenvalue weighted by atomic mass is 14.8. The molecule has 22 heavy (non-hydrogen) atoms. The zero-order valence-corrected chi connectivity index (χ0v) is 15.4. The van der Waals surface area contributed by atoms with Gasteiger partial charge in [0.15, 0.2) is 0 Å². The Morgan fingerprint density at radius 2 is 1.77 bits per heavy atom. The van der Waals surface area contributed by atoms with E-state index in [1.807, 2.05) is 20.2 Å². The van der Waals surface area contributed by atoms with Crippen molar-refractivity contribution in [1.29, 1.82) is 0 Å². The first kappa shape index (κ1) is 18.3. The van der Waals surface area contributed by atoms with Crippen LogP contribution in [0.25, 0.3) is 0 Å². The average molecular weight is 298 g/mol. The van der Waals surface area contributed by atoms with E-state index >= 15 is 0 Å². The number of rotatable bonds is 3. The highest BCUT2D eigenvalue weighted by Gasteiger charge is 2.18. The van der Waals surface area contributed by atoms with E-state index in [-0.39, 0.29) is 10.8 Å². The van der Waals surface area contributed by atoms with Gasteiger partial charge in [0.25, 0.3) is 0 Å². The number of pyridine rings is 1. The van der Waals surface area contributed by atoms with Crippen molar-refractivity contribution >= 4 is 5.71 Å². The fourth-order valence-electron chi connectivity index (χ4n) is 2.13. The quantitative estimate of drug-likeness (QED) is 0.545. The van der Waals surface area contributed by atoms with Crippen LogP contribution in [0.15, 0.2) is 47.1 Å². The number of hydrogen-bond acceptors (Lipinski definition) is 2. The predicted molar refractivity (Wildman–Crippen MR) is 97.8 cm³/mol. The number of aliphatic imine (C=N–C) groups is 1. The molecule has 0 saturated carbocycles. The van der Waals surface area contributed by atoms with E-state index in [9.17, 15) is 0 Å². The summed E-state index contributed by atoms with van der Waals surface area (Å²) in [6.45, 7) is 15.3. The van der Waals surface area contributed by atoms with Crippen molar-refractivity contribution in [2.45, 2.75) is 53.9 Å². The molecule has 0 amide bonds. The number of hydrogen-bond donors (Lipinski definition) is 0. The van der Waals surface area contributed by atoms with Crippen LogP contribution in [0.1, 0.15) is 59.7 Å². The predicted octanol–water partition coefficient (Wildman–Crippen LogP) is 5.35. The zero-order chi connectivity index (χ0) is 17.0. The molecule has 0 aliphatic rings. The van der Waals surface area contributed by atoms with Crippen molar-refractivity contribution in [3.05, 3.63) is 53.4 Å². The molecule has 1 heterocycles. The monoisotopic (exact) mass is 298 g/mol. The summed E-state index contributed by atoms with van der Waals surface area (Å²) in [6, 6.07) is 4.23. The standard InChI is InChI=1S/C20H30N2/c1-9-10-15(19(2,3)4)13-17(21-8)18-14-16(11-12-22-18)20(5,6)7/h9-14H,1-8H3/b10-9-,15-13+,21-17?. The maximum atomic E-state index is 4.52. The molecule has 0 spiro atoms. The Morgan fingerprint density at radius 1 is 1.14 bits per heavy atom. The molecule has 0 aliphatic carbocycles. The summed E-state index contributed by atoms with van der Waals surface area (Å²) in [7, 11) is 1.83. The molecule has 0 atom stereocenters. The summed E-state index contributed by atoms with van der Waals surface area (Å²) in [4.78, 5) is 8.98. The Balaban J connectivity index is 3.34. The maximum absolute atomic E-state index is 4.52. The summed E-state index contributed by atoms with van der Waals surface area (Å²) in [5.41, 5.74) is 4.56. The molecule has 1 aromatic heterocycles. The molecule has 0 aromatic carbocycles. The van der Waals surface area contributed by atoms with Crippen LogP contribution >= 0.6 is 0 Å². The molecular weight excluding hydrogens is 268 g/mol. The first-order valence-corrected chi connectivity index (χ1v) is 7.88. The first-order valence-electron chi connectivity index (χ1n) is 7.88. The minimum Gasteiger partial charge on any atom is -0.286 e. The molecule has 1 rings (SSSR count). The largest absolute Gasteiger partial charge is 0.286 e. The van der Waals surface area contributed by atoms with Gasteiger partial charge in [0.05, 0.1) is 11.4 Å². The number of nitrogens with zero attached hydrogens (tertiary/aromatic N) is 2. The smallest absolute Gasteiger partial charge is 0.0884 e. The van der Waals surface area contributed by atoms with Crippen molar-refractivity contribution in [1.82, 2.24) is 4.98 Å². The van der Waals surface area contributed by atoms with Gasteiger partial charge < -0.3 is 0 Å². The molecular formula is C20H30N2. The van der Waals surface area contributed by atoms with Crippen molar-refractivity contribution in [2.24, 2.45) is 10.4 Å². The summed E-state index contributed by atoms with van der Waals surface area (Å²) < 4.78 is 0. The van der Waals surface area contributed by atoms with Gasteiger partial charge in [-0.2, -0.15) is 0 Å². The molecule has 0 radical (unpaired) electrons. The number of allylic oxidation sites excluding steroid dienone is 4. The minimum absolute atomic E-state index is 0.0735. The minimum atomic E-state index is 0.0735. The Morgan fingerprint density at radius 3 is 2.23 bits per heavy atom. The average Bonchev–Trinajstić information content (AvgIpc) is 2.41. The zero-order valence-electron chi connectivity index (χ0n) is 15.4. The first-order chi connectivity index (χ1) is 10.1. The van der Waals surface area contributed by atoms with Gasteiger partial charge >= 0.3 is 0 Å². The summed E-state index contributed by atoms with van der Waals surface area (Å²) in [5.74, 6) is 0. The molecule has 120 valence electrons. The van der Waals surface area contributed by atoms with Gasteiger partial charge in [-0.15, -0.1) is 0 Å². The molecule has 2 nitrogen and oxygen atoms in total. The Labute approximate surface area is 136 Å². The lowest BCUT2D eigenvalue weighted by molar-refractivity contribution is 0.517. The Kier molecular flexibility index (Phi) is 5.87. The van der Waals surface area contributed by atoms with Gasteiger partial charge in [-0.1, -0.05) is 53.7 Å². The molecule has 1 aromatic rings. The van der Waals surface area contributed by atoms with E-state index in [1.54, 1.807) is 0 Å². The third kappa shape index (κ3) is 4.94. The second kappa shape index (κ2) is 7.04. The van der Waals surface area contributed by atoms with E-state index in [1.165, 1.54) is 11.1 Å². The molecule has 0 fully saturated rings. The van der Waals surface area contributed by atoms with Crippen LogP contribution in [0, 0.1) is 5.41 Å². The molecule has 0 bridgehead atoms. The third-order valence-corrected chi connectivity index (χ3v) is 3.63. The van der Waals surface area contributed by atoms with Crippen molar-refractivity contribution < 1.29 is 0 Å². The van der Waals surface area contributed by atoms with E-state index in [2.05, 4.69) is 81.9 Å². The summed E-state index contributed by atoms with van der Waals surface area (Å²) in [5, 5.41) is 0. The highest BCUT2D eigenvalue weighted by molar-refractivity contribution is 6.08. The van der Waals surface area contributed by atoms with Gasteiger partial charge in [0, 0.05) is 13.2 Å². The van der Waals surface area contributed by atoms with Crippen LogP contribution in [0.3, 0.4) is 0 Å². The Hall–Kier alpha value is -1.70. The fourth-order valence-corrected chi connectivity index (χ4v) is 2.13. The van der Waals surface area contributed by atoms with E-state index in [4.69, 9.17) is 0 Å². The lowest BCUT2D eigenvalue weighted by atomic mass is 9.84. The maximum Gasteiger partial charge on any atom is 0.0884 e. The molecule has 2 heteroatoms. The lowest BCUT2D eigenvalue weighted by Crippen LogP contribution is -2.14. The van der Waals surface area contributed by atoms with Crippen LogP contribution in [0.5, 0.6) is 0 Å². The second-order valence-corrected chi connectivity index (χ2v) is 7.64. The Bertz CT molecular complexity index is 591. The van der Waals surface area contributed by atoms with Crippen molar-refractivity contribution in [3.8, 4) is 0 Å². The van der Waals surface area contributed by atoms with Crippen LogP contribution in [0.4, 0.5) is 0 Å². The van der Waals surface area contributed by atoms with Crippen LogP contribution in [0.2, 0.25) is 0 Å². The van der Waals surface area contributed by atoms with Gasteiger partial charge in [0.1, 0.15) is 0 Å². The van der Waals surface area contributed by atoms with Crippen LogP contribution < -0.4 is 0 Å². The molecule has 0 unspecified atom stereocenters.